The molecule has 1 fully saturated rings. The summed E-state index contributed by atoms with van der Waals surface area (Å²) in [4.78, 5) is 6.98. The maximum Gasteiger partial charge on any atom is 0.128 e. The molecule has 1 unspecified atom stereocenters. The van der Waals surface area contributed by atoms with Crippen molar-refractivity contribution in [3.63, 3.8) is 0 Å². The summed E-state index contributed by atoms with van der Waals surface area (Å²) in [5.41, 5.74) is 1.25. The topological polar surface area (TPSA) is 37.4 Å². The van der Waals surface area contributed by atoms with E-state index < -0.39 is 0 Å². The van der Waals surface area contributed by atoms with Crippen molar-refractivity contribution >= 4 is 5.82 Å². The van der Waals surface area contributed by atoms with Gasteiger partial charge >= 0.3 is 0 Å². The van der Waals surface area contributed by atoms with Gasteiger partial charge in [0.2, 0.25) is 0 Å². The van der Waals surface area contributed by atoms with Crippen LogP contribution in [0.4, 0.5) is 5.82 Å². The van der Waals surface area contributed by atoms with Gasteiger partial charge in [-0.1, -0.05) is 19.9 Å². The molecular weight excluding hydrogens is 262 g/mol. The van der Waals surface area contributed by atoms with Crippen LogP contribution in [-0.2, 0) is 11.3 Å². The average Bonchev–Trinajstić information content (AvgIpc) is 2.54. The van der Waals surface area contributed by atoms with Crippen LogP contribution in [0.2, 0.25) is 0 Å². The van der Waals surface area contributed by atoms with Gasteiger partial charge in [-0.3, -0.25) is 0 Å². The molecule has 21 heavy (non-hydrogen) atoms. The Balaban J connectivity index is 1.85. The second kappa shape index (κ2) is 9.00. The van der Waals surface area contributed by atoms with Gasteiger partial charge in [-0.15, -0.1) is 0 Å². The average molecular weight is 291 g/mol. The van der Waals surface area contributed by atoms with Crippen LogP contribution in [-0.4, -0.2) is 37.3 Å². The van der Waals surface area contributed by atoms with Crippen LogP contribution in [0.1, 0.15) is 45.1 Å². The predicted octanol–water partition coefficient (Wildman–Crippen LogP) is 2.98. The summed E-state index contributed by atoms with van der Waals surface area (Å²) in [5, 5.41) is 3.41. The van der Waals surface area contributed by atoms with Crippen LogP contribution in [0.15, 0.2) is 18.3 Å². The summed E-state index contributed by atoms with van der Waals surface area (Å²) >= 11 is 0. The molecule has 0 amide bonds. The van der Waals surface area contributed by atoms with E-state index in [0.29, 0.717) is 6.10 Å². The molecule has 0 bridgehead atoms. The number of nitrogens with zero attached hydrogens (tertiary/aromatic N) is 2. The molecule has 4 heteroatoms. The number of hydrogen-bond donors (Lipinski definition) is 1. The molecule has 0 aliphatic carbocycles. The first-order valence-corrected chi connectivity index (χ1v) is 8.35. The van der Waals surface area contributed by atoms with Crippen molar-refractivity contribution in [2.45, 2.75) is 52.2 Å². The van der Waals surface area contributed by atoms with Crippen LogP contribution < -0.4 is 10.2 Å². The van der Waals surface area contributed by atoms with Crippen LogP contribution in [0.25, 0.3) is 0 Å². The van der Waals surface area contributed by atoms with Gasteiger partial charge in [-0.25, -0.2) is 4.98 Å². The van der Waals surface area contributed by atoms with Crippen molar-refractivity contribution in [2.75, 3.05) is 31.1 Å². The highest BCUT2D eigenvalue weighted by Gasteiger charge is 2.21. The van der Waals surface area contributed by atoms with Crippen LogP contribution in [0.5, 0.6) is 0 Å². The zero-order chi connectivity index (χ0) is 14.9. The van der Waals surface area contributed by atoms with E-state index in [-0.39, 0.29) is 0 Å². The molecule has 1 aliphatic rings. The number of rotatable bonds is 8. The molecule has 1 N–H and O–H groups in total. The lowest BCUT2D eigenvalue weighted by Crippen LogP contribution is -2.40. The maximum atomic E-state index is 5.89. The van der Waals surface area contributed by atoms with Crippen LogP contribution in [0.3, 0.4) is 0 Å². The molecule has 118 valence electrons. The molecule has 0 radical (unpaired) electrons. The molecule has 0 saturated carbocycles. The summed E-state index contributed by atoms with van der Waals surface area (Å²) in [6.45, 7) is 9.24. The molecule has 1 aromatic heterocycles. The Bertz CT molecular complexity index is 394. The normalized spacial score (nSPS) is 19.0. The fourth-order valence-corrected chi connectivity index (χ4v) is 2.68. The number of ether oxygens (including phenoxy) is 1. The van der Waals surface area contributed by atoms with E-state index in [0.717, 1.165) is 45.0 Å². The van der Waals surface area contributed by atoms with Gasteiger partial charge in [0.1, 0.15) is 5.82 Å². The number of anilines is 1. The zero-order valence-corrected chi connectivity index (χ0v) is 13.5. The van der Waals surface area contributed by atoms with E-state index in [1.54, 1.807) is 0 Å². The highest BCUT2D eigenvalue weighted by atomic mass is 16.5. The van der Waals surface area contributed by atoms with Crippen LogP contribution >= 0.6 is 0 Å². The standard InChI is InChI=1S/C17H29N3O/c1-3-9-18-12-15-7-8-17(19-13-15)20-10-5-6-16(14-20)21-11-4-2/h7-8,13,16,18H,3-6,9-12,14H2,1-2H3. The fraction of sp³-hybridized carbons (Fsp3) is 0.706. The SMILES string of the molecule is CCCNCc1ccc(N2CCCC(OCCC)C2)nc1. The summed E-state index contributed by atoms with van der Waals surface area (Å²) in [7, 11) is 0. The minimum atomic E-state index is 0.367. The highest BCUT2D eigenvalue weighted by molar-refractivity contribution is 5.40. The van der Waals surface area contributed by atoms with E-state index >= 15 is 0 Å². The Morgan fingerprint density at radius 1 is 1.33 bits per heavy atom. The third-order valence-electron chi connectivity index (χ3n) is 3.82. The van der Waals surface area contributed by atoms with Gasteiger partial charge < -0.3 is 15.0 Å². The third-order valence-corrected chi connectivity index (χ3v) is 3.82. The van der Waals surface area contributed by atoms with E-state index in [2.05, 4.69) is 41.2 Å². The Morgan fingerprint density at radius 3 is 2.95 bits per heavy atom. The summed E-state index contributed by atoms with van der Waals surface area (Å²) in [5.74, 6) is 1.08. The monoisotopic (exact) mass is 291 g/mol. The highest BCUT2D eigenvalue weighted by Crippen LogP contribution is 2.19. The Labute approximate surface area is 128 Å². The van der Waals surface area contributed by atoms with Gasteiger partial charge in [-0.2, -0.15) is 0 Å². The first-order valence-electron chi connectivity index (χ1n) is 8.35. The van der Waals surface area contributed by atoms with Gasteiger partial charge in [0, 0.05) is 32.4 Å². The second-order valence-corrected chi connectivity index (χ2v) is 5.78. The van der Waals surface area contributed by atoms with Crippen molar-refractivity contribution in [3.8, 4) is 0 Å². The summed E-state index contributed by atoms with van der Waals surface area (Å²) in [6, 6.07) is 4.33. The number of hydrogen-bond acceptors (Lipinski definition) is 4. The van der Waals surface area contributed by atoms with Crippen molar-refractivity contribution in [3.05, 3.63) is 23.9 Å². The molecule has 4 nitrogen and oxygen atoms in total. The minimum Gasteiger partial charge on any atom is -0.376 e. The molecule has 0 spiro atoms. The zero-order valence-electron chi connectivity index (χ0n) is 13.5. The lowest BCUT2D eigenvalue weighted by molar-refractivity contribution is 0.0439. The lowest BCUT2D eigenvalue weighted by atomic mass is 10.1. The first-order chi connectivity index (χ1) is 10.3. The van der Waals surface area contributed by atoms with Crippen molar-refractivity contribution in [1.82, 2.24) is 10.3 Å². The Morgan fingerprint density at radius 2 is 2.24 bits per heavy atom. The third kappa shape index (κ3) is 5.29. The first kappa shape index (κ1) is 16.2. The maximum absolute atomic E-state index is 5.89. The lowest BCUT2D eigenvalue weighted by Gasteiger charge is -2.33. The number of piperidine rings is 1. The van der Waals surface area contributed by atoms with Crippen molar-refractivity contribution in [1.29, 1.82) is 0 Å². The van der Waals surface area contributed by atoms with Crippen molar-refractivity contribution < 1.29 is 4.74 Å². The largest absolute Gasteiger partial charge is 0.376 e. The van der Waals surface area contributed by atoms with Gasteiger partial charge in [0.15, 0.2) is 0 Å². The van der Waals surface area contributed by atoms with Gasteiger partial charge in [-0.05, 0) is 43.9 Å². The molecule has 2 heterocycles. The van der Waals surface area contributed by atoms with E-state index in [1.165, 1.54) is 24.8 Å². The molecule has 2 rings (SSSR count). The predicted molar refractivity (Wildman–Crippen MR) is 87.7 cm³/mol. The van der Waals surface area contributed by atoms with E-state index in [1.807, 2.05) is 6.20 Å². The van der Waals surface area contributed by atoms with Gasteiger partial charge in [0.05, 0.1) is 6.10 Å². The van der Waals surface area contributed by atoms with Gasteiger partial charge in [0.25, 0.3) is 0 Å². The summed E-state index contributed by atoms with van der Waals surface area (Å²) in [6.07, 6.45) is 6.98. The molecule has 1 saturated heterocycles. The second-order valence-electron chi connectivity index (χ2n) is 5.78. The number of nitrogens with one attached hydrogen (secondary N) is 1. The number of pyridine rings is 1. The smallest absolute Gasteiger partial charge is 0.128 e. The minimum absolute atomic E-state index is 0.367. The molecule has 1 aromatic rings. The number of aromatic nitrogens is 1. The molecule has 0 aromatic carbocycles. The van der Waals surface area contributed by atoms with Crippen LogP contribution in [0, 0.1) is 0 Å². The molecule has 1 aliphatic heterocycles. The van der Waals surface area contributed by atoms with Crippen molar-refractivity contribution in [2.24, 2.45) is 0 Å². The van der Waals surface area contributed by atoms with E-state index in [9.17, 15) is 0 Å². The summed E-state index contributed by atoms with van der Waals surface area (Å²) < 4.78 is 5.89. The molecule has 1 atom stereocenters. The quantitative estimate of drug-likeness (QED) is 0.747. The van der Waals surface area contributed by atoms with E-state index in [4.69, 9.17) is 4.74 Å². The Kier molecular flexibility index (Phi) is 6.96. The fourth-order valence-electron chi connectivity index (χ4n) is 2.68. The molecular formula is C17H29N3O. The Hall–Kier alpha value is -1.13.